The summed E-state index contributed by atoms with van der Waals surface area (Å²) in [4.78, 5) is 14.3. The molecule has 0 saturated heterocycles. The summed E-state index contributed by atoms with van der Waals surface area (Å²) < 4.78 is 22.9. The number of aromatic nitrogens is 2. The molecule has 3 N–H and O–H groups in total. The van der Waals surface area contributed by atoms with Gasteiger partial charge >= 0.3 is 5.82 Å². The number of hydrogen-bond donors (Lipinski definition) is 3. The first-order valence-corrected chi connectivity index (χ1v) is 6.92. The molecule has 0 fully saturated rings. The summed E-state index contributed by atoms with van der Waals surface area (Å²) in [5.41, 5.74) is 1.01. The van der Waals surface area contributed by atoms with E-state index >= 15 is 0 Å². The van der Waals surface area contributed by atoms with Crippen LogP contribution in [0.2, 0.25) is 0 Å². The molecular formula is C11H12N4O5S. The highest BCUT2D eigenvalue weighted by atomic mass is 32.2. The standard InChI is InChI=1S/C11H12N4O5S/c16-6-5-14-10(15(17)18)7-12-11(14)8-1-3-9(4-2-8)13-21(19)20/h1-4,7,13,16H,5-6H2,(H,19,20). The molecule has 1 atom stereocenters. The Morgan fingerprint density at radius 3 is 2.57 bits per heavy atom. The molecule has 0 aliphatic carbocycles. The van der Waals surface area contributed by atoms with Crippen LogP contribution in [-0.2, 0) is 17.8 Å². The number of aliphatic hydroxyl groups is 1. The predicted molar refractivity (Wildman–Crippen MR) is 75.8 cm³/mol. The number of aliphatic hydroxyl groups excluding tert-OH is 1. The van der Waals surface area contributed by atoms with E-state index in [2.05, 4.69) is 9.71 Å². The molecule has 0 aliphatic heterocycles. The van der Waals surface area contributed by atoms with Crippen molar-refractivity contribution in [2.45, 2.75) is 6.54 Å². The Bertz CT molecular complexity index is 670. The summed E-state index contributed by atoms with van der Waals surface area (Å²) in [5, 5.41) is 19.9. The molecule has 2 rings (SSSR count). The third-order valence-corrected chi connectivity index (χ3v) is 3.10. The second-order valence-electron chi connectivity index (χ2n) is 4.00. The average Bonchev–Trinajstić information content (AvgIpc) is 2.83. The molecule has 0 aliphatic rings. The second-order valence-corrected chi connectivity index (χ2v) is 4.70. The molecule has 21 heavy (non-hydrogen) atoms. The zero-order valence-electron chi connectivity index (χ0n) is 10.7. The average molecular weight is 312 g/mol. The van der Waals surface area contributed by atoms with Gasteiger partial charge in [-0.2, -0.15) is 0 Å². The maximum Gasteiger partial charge on any atom is 0.343 e. The third-order valence-electron chi connectivity index (χ3n) is 2.69. The molecule has 1 unspecified atom stereocenters. The van der Waals surface area contributed by atoms with Crippen molar-refractivity contribution in [3.8, 4) is 11.4 Å². The lowest BCUT2D eigenvalue weighted by molar-refractivity contribution is -0.392. The topological polar surface area (TPSA) is 131 Å². The molecule has 112 valence electrons. The monoisotopic (exact) mass is 312 g/mol. The molecule has 0 radical (unpaired) electrons. The second kappa shape index (κ2) is 6.43. The minimum Gasteiger partial charge on any atom is -0.392 e. The van der Waals surface area contributed by atoms with Crippen LogP contribution < -0.4 is 4.72 Å². The maximum atomic E-state index is 10.9. The Morgan fingerprint density at radius 1 is 1.38 bits per heavy atom. The Labute approximate surface area is 121 Å². The Hall–Kier alpha value is -2.30. The van der Waals surface area contributed by atoms with Gasteiger partial charge in [0.1, 0.15) is 12.7 Å². The van der Waals surface area contributed by atoms with Crippen molar-refractivity contribution in [3.05, 3.63) is 40.6 Å². The van der Waals surface area contributed by atoms with Gasteiger partial charge in [0.2, 0.25) is 5.82 Å². The molecular weight excluding hydrogens is 300 g/mol. The minimum absolute atomic E-state index is 0.0479. The number of nitrogens with one attached hydrogen (secondary N) is 1. The van der Waals surface area contributed by atoms with E-state index in [1.165, 1.54) is 4.57 Å². The number of imidazole rings is 1. The summed E-state index contributed by atoms with van der Waals surface area (Å²) in [6.07, 6.45) is 1.12. The van der Waals surface area contributed by atoms with E-state index in [9.17, 15) is 14.3 Å². The number of rotatable bonds is 6. The van der Waals surface area contributed by atoms with Gasteiger partial charge in [-0.3, -0.25) is 9.27 Å². The molecule has 2 aromatic rings. The summed E-state index contributed by atoms with van der Waals surface area (Å²) in [7, 11) is 0. The normalized spacial score (nSPS) is 12.1. The van der Waals surface area contributed by atoms with E-state index < -0.39 is 16.2 Å². The molecule has 0 spiro atoms. The fraction of sp³-hybridized carbons (Fsp3) is 0.182. The number of hydrogen-bond acceptors (Lipinski definition) is 5. The highest BCUT2D eigenvalue weighted by Crippen LogP contribution is 2.25. The SMILES string of the molecule is O=[N+]([O-])c1cnc(-c2ccc(NS(=O)O)cc2)n1CCO. The Balaban J connectivity index is 2.37. The predicted octanol–water partition coefficient (Wildman–Crippen LogP) is 0.999. The molecule has 0 bridgehead atoms. The van der Waals surface area contributed by atoms with E-state index in [1.54, 1.807) is 24.3 Å². The fourth-order valence-corrected chi connectivity index (χ4v) is 2.19. The van der Waals surface area contributed by atoms with Gasteiger partial charge in [-0.15, -0.1) is 0 Å². The van der Waals surface area contributed by atoms with Crippen LogP contribution in [0.1, 0.15) is 0 Å². The molecule has 1 aromatic heterocycles. The van der Waals surface area contributed by atoms with Gasteiger partial charge in [0.25, 0.3) is 11.3 Å². The van der Waals surface area contributed by atoms with Gasteiger partial charge in [-0.25, -0.2) is 13.8 Å². The molecule has 0 saturated carbocycles. The van der Waals surface area contributed by atoms with Gasteiger partial charge in [0.05, 0.1) is 6.61 Å². The molecule has 0 amide bonds. The van der Waals surface area contributed by atoms with Crippen LogP contribution in [0, 0.1) is 10.1 Å². The van der Waals surface area contributed by atoms with Crippen molar-refractivity contribution in [2.75, 3.05) is 11.3 Å². The zero-order chi connectivity index (χ0) is 15.4. The van der Waals surface area contributed by atoms with E-state index in [-0.39, 0.29) is 19.0 Å². The highest BCUT2D eigenvalue weighted by molar-refractivity contribution is 7.80. The highest BCUT2D eigenvalue weighted by Gasteiger charge is 2.20. The Kier molecular flexibility index (Phi) is 4.62. The molecule has 1 aromatic carbocycles. The van der Waals surface area contributed by atoms with E-state index in [0.717, 1.165) is 6.20 Å². The van der Waals surface area contributed by atoms with Crippen molar-refractivity contribution >= 4 is 22.8 Å². The Morgan fingerprint density at radius 2 is 2.05 bits per heavy atom. The number of benzene rings is 1. The maximum absolute atomic E-state index is 10.9. The smallest absolute Gasteiger partial charge is 0.343 e. The number of nitro groups is 1. The minimum atomic E-state index is -2.17. The summed E-state index contributed by atoms with van der Waals surface area (Å²) >= 11 is -2.17. The number of anilines is 1. The van der Waals surface area contributed by atoms with E-state index in [0.29, 0.717) is 17.1 Å². The molecule has 10 heteroatoms. The van der Waals surface area contributed by atoms with Gasteiger partial charge in [0, 0.05) is 11.3 Å². The van der Waals surface area contributed by atoms with Crippen molar-refractivity contribution in [3.63, 3.8) is 0 Å². The zero-order valence-corrected chi connectivity index (χ0v) is 11.5. The van der Waals surface area contributed by atoms with Gasteiger partial charge < -0.3 is 15.2 Å². The van der Waals surface area contributed by atoms with Crippen LogP contribution in [0.4, 0.5) is 11.5 Å². The summed E-state index contributed by atoms with van der Waals surface area (Å²) in [5.74, 6) is 0.130. The van der Waals surface area contributed by atoms with E-state index in [4.69, 9.17) is 9.66 Å². The fourth-order valence-electron chi connectivity index (χ4n) is 1.85. The first kappa shape index (κ1) is 15.1. The van der Waals surface area contributed by atoms with Crippen LogP contribution in [0.5, 0.6) is 0 Å². The lowest BCUT2D eigenvalue weighted by atomic mass is 10.2. The van der Waals surface area contributed by atoms with Crippen molar-refractivity contribution in [2.24, 2.45) is 0 Å². The van der Waals surface area contributed by atoms with Gasteiger partial charge in [0.15, 0.2) is 0 Å². The van der Waals surface area contributed by atoms with Crippen molar-refractivity contribution < 1.29 is 18.8 Å². The van der Waals surface area contributed by atoms with Crippen molar-refractivity contribution in [1.29, 1.82) is 0 Å². The largest absolute Gasteiger partial charge is 0.392 e. The van der Waals surface area contributed by atoms with Gasteiger partial charge in [-0.05, 0) is 29.2 Å². The first-order chi connectivity index (χ1) is 10.0. The number of nitrogens with zero attached hydrogens (tertiary/aromatic N) is 3. The summed E-state index contributed by atoms with van der Waals surface area (Å²) in [6, 6.07) is 6.31. The quantitative estimate of drug-likeness (QED) is 0.414. The lowest BCUT2D eigenvalue weighted by Crippen LogP contribution is -2.08. The van der Waals surface area contributed by atoms with Crippen LogP contribution in [0.15, 0.2) is 30.5 Å². The third kappa shape index (κ3) is 3.42. The lowest BCUT2D eigenvalue weighted by Gasteiger charge is -2.05. The first-order valence-electron chi connectivity index (χ1n) is 5.81. The molecule has 1 heterocycles. The van der Waals surface area contributed by atoms with Crippen LogP contribution >= 0.6 is 0 Å². The summed E-state index contributed by atoms with van der Waals surface area (Å²) in [6.45, 7) is -0.209. The van der Waals surface area contributed by atoms with Crippen LogP contribution in [-0.4, -0.2) is 34.9 Å². The van der Waals surface area contributed by atoms with Crippen LogP contribution in [0.25, 0.3) is 11.4 Å². The molecule has 9 nitrogen and oxygen atoms in total. The van der Waals surface area contributed by atoms with Crippen LogP contribution in [0.3, 0.4) is 0 Å². The van der Waals surface area contributed by atoms with Crippen molar-refractivity contribution in [1.82, 2.24) is 9.55 Å². The van der Waals surface area contributed by atoms with Gasteiger partial charge in [-0.1, -0.05) is 0 Å². The van der Waals surface area contributed by atoms with E-state index in [1.807, 2.05) is 0 Å².